The fraction of sp³-hybridized carbons (Fsp3) is 0.172. The van der Waals surface area contributed by atoms with Gasteiger partial charge in [-0.25, -0.2) is 9.78 Å². The lowest BCUT2D eigenvalue weighted by Crippen LogP contribution is -2.27. The highest BCUT2D eigenvalue weighted by Gasteiger charge is 2.26. The molecule has 5 rings (SSSR count). The quantitative estimate of drug-likeness (QED) is 0.0861. The summed E-state index contributed by atoms with van der Waals surface area (Å²) in [6.07, 6.45) is 0.0540. The standard InChI is InChI=1S/C29H23BrN4O8/c1-4-40-29(36)16(2)41-26-17(12-18(30)13-22(26)34(37)38)15-31-33-27(32-21-9-6-5-8-19(21)28(33)35)25-14-20-23(39-3)10-7-11-24(20)42-25/h5-16H,4H2,1-3H3/t16-/m1/s1. The normalized spacial score (nSPS) is 12.1. The van der Waals surface area contributed by atoms with E-state index >= 15 is 0 Å². The van der Waals surface area contributed by atoms with Crippen LogP contribution < -0.4 is 15.0 Å². The second kappa shape index (κ2) is 11.8. The first-order chi connectivity index (χ1) is 20.2. The number of carbonyl (C=O) groups excluding carboxylic acids is 1. The van der Waals surface area contributed by atoms with E-state index < -0.39 is 28.2 Å². The number of nitrogens with zero attached hydrogens (tertiary/aromatic N) is 4. The van der Waals surface area contributed by atoms with Crippen LogP contribution in [0.15, 0.2) is 79.4 Å². The zero-order chi connectivity index (χ0) is 30.0. The summed E-state index contributed by atoms with van der Waals surface area (Å²) >= 11 is 3.27. The number of carbonyl (C=O) groups is 1. The SMILES string of the molecule is CCOC(=O)[C@@H](C)Oc1c(C=Nn2c(-c3cc4c(OC)cccc4o3)nc3ccccc3c2=O)cc(Br)cc1[N+](=O)[O-]. The number of fused-ring (bicyclic) bond motifs is 2. The van der Waals surface area contributed by atoms with Crippen LogP contribution in [0.1, 0.15) is 19.4 Å². The minimum atomic E-state index is -1.16. The third kappa shape index (κ3) is 5.46. The Bertz CT molecular complexity index is 1930. The lowest BCUT2D eigenvalue weighted by molar-refractivity contribution is -0.386. The lowest BCUT2D eigenvalue weighted by atomic mass is 10.2. The minimum absolute atomic E-state index is 0.0834. The summed E-state index contributed by atoms with van der Waals surface area (Å²) in [4.78, 5) is 41.8. The van der Waals surface area contributed by atoms with Gasteiger partial charge in [0.15, 0.2) is 11.9 Å². The largest absolute Gasteiger partial charge is 0.496 e. The van der Waals surface area contributed by atoms with Crippen LogP contribution >= 0.6 is 15.9 Å². The average Bonchev–Trinajstić information content (AvgIpc) is 3.42. The number of rotatable bonds is 9. The molecule has 0 amide bonds. The van der Waals surface area contributed by atoms with Crippen LogP contribution in [0.5, 0.6) is 11.5 Å². The lowest BCUT2D eigenvalue weighted by Gasteiger charge is -2.15. The molecule has 12 nitrogen and oxygen atoms in total. The molecule has 0 saturated carbocycles. The summed E-state index contributed by atoms with van der Waals surface area (Å²) in [7, 11) is 1.54. The molecule has 0 radical (unpaired) electrons. The molecule has 214 valence electrons. The molecule has 2 aromatic heterocycles. The highest BCUT2D eigenvalue weighted by atomic mass is 79.9. The number of esters is 1. The molecule has 1 atom stereocenters. The molecule has 3 aromatic carbocycles. The van der Waals surface area contributed by atoms with Gasteiger partial charge < -0.3 is 18.6 Å². The molecule has 0 fully saturated rings. The number of hydrogen-bond donors (Lipinski definition) is 0. The van der Waals surface area contributed by atoms with E-state index in [4.69, 9.17) is 18.6 Å². The van der Waals surface area contributed by atoms with Crippen molar-refractivity contribution < 1.29 is 28.3 Å². The highest BCUT2D eigenvalue weighted by molar-refractivity contribution is 9.10. The Morgan fingerprint density at radius 2 is 1.98 bits per heavy atom. The van der Waals surface area contributed by atoms with Gasteiger partial charge in [0.05, 0.1) is 41.1 Å². The number of benzene rings is 3. The number of hydrogen-bond acceptors (Lipinski definition) is 10. The predicted molar refractivity (Wildman–Crippen MR) is 158 cm³/mol. The molecule has 0 N–H and O–H groups in total. The smallest absolute Gasteiger partial charge is 0.347 e. The van der Waals surface area contributed by atoms with Gasteiger partial charge in [0.1, 0.15) is 11.3 Å². The van der Waals surface area contributed by atoms with Crippen molar-refractivity contribution in [3.8, 4) is 23.1 Å². The van der Waals surface area contributed by atoms with Crippen LogP contribution in [0.3, 0.4) is 0 Å². The number of nitro benzene ring substituents is 1. The van der Waals surface area contributed by atoms with Gasteiger partial charge in [0, 0.05) is 16.1 Å². The Hall–Kier alpha value is -5.04. The number of nitro groups is 1. The molecule has 0 saturated heterocycles. The Morgan fingerprint density at radius 3 is 2.71 bits per heavy atom. The Morgan fingerprint density at radius 1 is 1.19 bits per heavy atom. The van der Waals surface area contributed by atoms with Gasteiger partial charge in [-0.05, 0) is 50.2 Å². The van der Waals surface area contributed by atoms with Crippen molar-refractivity contribution in [3.05, 3.63) is 91.2 Å². The third-order valence-corrected chi connectivity index (χ3v) is 6.66. The van der Waals surface area contributed by atoms with Crippen molar-refractivity contribution >= 4 is 55.7 Å². The zero-order valence-electron chi connectivity index (χ0n) is 22.6. The Kier molecular flexibility index (Phi) is 8.02. The topological polar surface area (TPSA) is 148 Å². The van der Waals surface area contributed by atoms with E-state index in [1.54, 1.807) is 55.5 Å². The van der Waals surface area contributed by atoms with Crippen molar-refractivity contribution in [2.75, 3.05) is 13.7 Å². The van der Waals surface area contributed by atoms with Crippen LogP contribution in [0, 0.1) is 10.1 Å². The van der Waals surface area contributed by atoms with Crippen molar-refractivity contribution in [2.45, 2.75) is 20.0 Å². The Balaban J connectivity index is 1.70. The van der Waals surface area contributed by atoms with Crippen molar-refractivity contribution in [1.29, 1.82) is 0 Å². The first-order valence-electron chi connectivity index (χ1n) is 12.7. The summed E-state index contributed by atoms with van der Waals surface area (Å²) in [6, 6.07) is 16.5. The molecule has 0 aliphatic carbocycles. The molecule has 0 aliphatic heterocycles. The maximum atomic E-state index is 13.7. The Labute approximate surface area is 246 Å². The summed E-state index contributed by atoms with van der Waals surface area (Å²) in [6.45, 7) is 3.16. The van der Waals surface area contributed by atoms with E-state index in [0.717, 1.165) is 4.68 Å². The van der Waals surface area contributed by atoms with Gasteiger partial charge in [-0.1, -0.05) is 34.1 Å². The van der Waals surface area contributed by atoms with E-state index in [1.165, 1.54) is 32.4 Å². The van der Waals surface area contributed by atoms with Gasteiger partial charge in [0.25, 0.3) is 5.56 Å². The number of para-hydroxylation sites is 1. The summed E-state index contributed by atoms with van der Waals surface area (Å²) in [5.74, 6) is -0.0405. The van der Waals surface area contributed by atoms with E-state index in [-0.39, 0.29) is 29.5 Å². The van der Waals surface area contributed by atoms with Crippen LogP contribution in [-0.2, 0) is 9.53 Å². The monoisotopic (exact) mass is 634 g/mol. The molecule has 42 heavy (non-hydrogen) atoms. The first-order valence-corrected chi connectivity index (χ1v) is 13.5. The summed E-state index contributed by atoms with van der Waals surface area (Å²) in [5, 5.41) is 17.3. The van der Waals surface area contributed by atoms with Crippen LogP contribution in [-0.4, -0.2) is 46.6 Å². The number of ether oxygens (including phenoxy) is 3. The number of furan rings is 1. The molecule has 0 unspecified atom stereocenters. The maximum Gasteiger partial charge on any atom is 0.347 e. The second-order valence-electron chi connectivity index (χ2n) is 8.91. The number of aromatic nitrogens is 2. The third-order valence-electron chi connectivity index (χ3n) is 6.20. The molecule has 5 aromatic rings. The van der Waals surface area contributed by atoms with E-state index in [0.29, 0.717) is 32.1 Å². The fourth-order valence-electron chi connectivity index (χ4n) is 4.28. The fourth-order valence-corrected chi connectivity index (χ4v) is 4.74. The van der Waals surface area contributed by atoms with Crippen LogP contribution in [0.2, 0.25) is 0 Å². The molecule has 13 heteroatoms. The number of halogens is 1. The molecule has 0 spiro atoms. The van der Waals surface area contributed by atoms with Gasteiger partial charge in [-0.2, -0.15) is 9.78 Å². The van der Waals surface area contributed by atoms with Gasteiger partial charge in [-0.15, -0.1) is 0 Å². The van der Waals surface area contributed by atoms with Gasteiger partial charge in [0.2, 0.25) is 11.6 Å². The predicted octanol–water partition coefficient (Wildman–Crippen LogP) is 5.70. The van der Waals surface area contributed by atoms with Crippen molar-refractivity contribution in [2.24, 2.45) is 5.10 Å². The molecular formula is C29H23BrN4O8. The highest BCUT2D eigenvalue weighted by Crippen LogP contribution is 2.36. The number of methoxy groups -OCH3 is 1. The maximum absolute atomic E-state index is 13.7. The van der Waals surface area contributed by atoms with Crippen molar-refractivity contribution in [1.82, 2.24) is 9.66 Å². The first kappa shape index (κ1) is 28.5. The summed E-state index contributed by atoms with van der Waals surface area (Å²) in [5.41, 5.74) is 0.112. The van der Waals surface area contributed by atoms with E-state index in [9.17, 15) is 19.7 Å². The average molecular weight is 635 g/mol. The molecular weight excluding hydrogens is 612 g/mol. The van der Waals surface area contributed by atoms with Crippen molar-refractivity contribution in [3.63, 3.8) is 0 Å². The van der Waals surface area contributed by atoms with Gasteiger partial charge >= 0.3 is 11.7 Å². The summed E-state index contributed by atoms with van der Waals surface area (Å²) < 4.78 is 23.6. The molecule has 2 heterocycles. The van der Waals surface area contributed by atoms with Crippen LogP contribution in [0.25, 0.3) is 33.5 Å². The van der Waals surface area contributed by atoms with E-state index in [2.05, 4.69) is 26.0 Å². The minimum Gasteiger partial charge on any atom is -0.496 e. The molecule has 0 bridgehead atoms. The zero-order valence-corrected chi connectivity index (χ0v) is 24.2. The van der Waals surface area contributed by atoms with E-state index in [1.807, 2.05) is 0 Å². The second-order valence-corrected chi connectivity index (χ2v) is 9.82. The molecule has 0 aliphatic rings. The van der Waals surface area contributed by atoms with Gasteiger partial charge in [-0.3, -0.25) is 14.9 Å². The van der Waals surface area contributed by atoms with Crippen LogP contribution in [0.4, 0.5) is 5.69 Å².